The summed E-state index contributed by atoms with van der Waals surface area (Å²) in [4.78, 5) is 12.7. The number of alkyl halides is 2. The molecule has 0 saturated heterocycles. The first-order valence-electron chi connectivity index (χ1n) is 9.66. The van der Waals surface area contributed by atoms with E-state index in [9.17, 15) is 32.2 Å². The number of esters is 1. The van der Waals surface area contributed by atoms with E-state index >= 15 is 0 Å². The van der Waals surface area contributed by atoms with E-state index in [1.807, 2.05) is 0 Å². The van der Waals surface area contributed by atoms with Gasteiger partial charge in [-0.25, -0.2) is 0 Å². The molecular formula is C18H28F2O8S. The van der Waals surface area contributed by atoms with Crippen LogP contribution in [0.25, 0.3) is 0 Å². The molecule has 3 unspecified atom stereocenters. The van der Waals surface area contributed by atoms with Gasteiger partial charge < -0.3 is 19.7 Å². The van der Waals surface area contributed by atoms with Gasteiger partial charge in [-0.3, -0.25) is 9.35 Å². The molecule has 0 aromatic heterocycles. The largest absolute Gasteiger partial charge is 0.462 e. The van der Waals surface area contributed by atoms with Crippen molar-refractivity contribution >= 4 is 16.1 Å². The fourth-order valence-corrected chi connectivity index (χ4v) is 5.71. The van der Waals surface area contributed by atoms with Crippen LogP contribution >= 0.6 is 0 Å². The topological polar surface area (TPSA) is 130 Å². The van der Waals surface area contributed by atoms with Crippen molar-refractivity contribution in [2.24, 2.45) is 17.3 Å². The third kappa shape index (κ3) is 4.16. The second kappa shape index (κ2) is 7.08. The van der Waals surface area contributed by atoms with Gasteiger partial charge in [0, 0.05) is 0 Å². The SMILES string of the molecule is CC(C)(C(F)(F)OCC(O)COC(=O)C12CC3CC(CC(O)(C3)C1)C2)S(=O)(=O)O. The van der Waals surface area contributed by atoms with E-state index < -0.39 is 57.3 Å². The summed E-state index contributed by atoms with van der Waals surface area (Å²) in [5.41, 5.74) is -1.68. The van der Waals surface area contributed by atoms with E-state index in [4.69, 9.17) is 9.29 Å². The minimum atomic E-state index is -5.13. The fraction of sp³-hybridized carbons (Fsp3) is 0.944. The Morgan fingerprint density at radius 1 is 1.17 bits per heavy atom. The highest BCUT2D eigenvalue weighted by atomic mass is 32.2. The first-order valence-corrected chi connectivity index (χ1v) is 11.1. The summed E-state index contributed by atoms with van der Waals surface area (Å²) in [6.45, 7) is -0.419. The second-order valence-corrected chi connectivity index (χ2v) is 11.5. The minimum absolute atomic E-state index is 0.253. The maximum absolute atomic E-state index is 14.0. The smallest absolute Gasteiger partial charge is 0.377 e. The van der Waals surface area contributed by atoms with Crippen LogP contribution < -0.4 is 0 Å². The number of ether oxygens (including phenoxy) is 2. The molecule has 11 heteroatoms. The number of hydrogen-bond acceptors (Lipinski definition) is 7. The van der Waals surface area contributed by atoms with Crippen LogP contribution in [-0.2, 0) is 24.4 Å². The van der Waals surface area contributed by atoms with E-state index in [0.717, 1.165) is 6.42 Å². The van der Waals surface area contributed by atoms with Gasteiger partial charge in [-0.2, -0.15) is 17.2 Å². The van der Waals surface area contributed by atoms with Crippen LogP contribution in [0.5, 0.6) is 0 Å². The molecule has 0 radical (unpaired) electrons. The van der Waals surface area contributed by atoms with Gasteiger partial charge >= 0.3 is 12.1 Å². The predicted octanol–water partition coefficient (Wildman–Crippen LogP) is 1.50. The standard InChI is InChI=1S/C18H28F2O8S/c1-15(2,29(24,25)26)18(19,20)28-9-13(21)8-27-14(22)16-4-11-3-12(5-16)7-17(23,6-11)10-16/h11-13,21,23H,3-10H2,1-2H3,(H,24,25,26). The molecular weight excluding hydrogens is 414 g/mol. The molecule has 4 aliphatic rings. The van der Waals surface area contributed by atoms with Crippen molar-refractivity contribution in [3.05, 3.63) is 0 Å². The first kappa shape index (κ1) is 22.8. The van der Waals surface area contributed by atoms with Crippen LogP contribution in [0, 0.1) is 17.3 Å². The Labute approximate surface area is 168 Å². The molecule has 4 aliphatic carbocycles. The lowest BCUT2D eigenvalue weighted by Gasteiger charge is -2.58. The lowest BCUT2D eigenvalue weighted by Crippen LogP contribution is -2.58. The Hall–Kier alpha value is -0.880. The molecule has 0 amide bonds. The molecule has 4 fully saturated rings. The Morgan fingerprint density at radius 2 is 1.72 bits per heavy atom. The summed E-state index contributed by atoms with van der Waals surface area (Å²) in [6, 6.07) is 0. The number of aliphatic hydroxyl groups is 2. The van der Waals surface area contributed by atoms with Gasteiger partial charge in [-0.05, 0) is 64.2 Å². The minimum Gasteiger partial charge on any atom is -0.462 e. The van der Waals surface area contributed by atoms with Crippen molar-refractivity contribution in [3.8, 4) is 0 Å². The third-order valence-corrected chi connectivity index (χ3v) is 8.20. The summed E-state index contributed by atoms with van der Waals surface area (Å²) in [5.74, 6) is -0.0547. The summed E-state index contributed by atoms with van der Waals surface area (Å²) in [5, 5.41) is 20.5. The van der Waals surface area contributed by atoms with Gasteiger partial charge in [0.2, 0.25) is 0 Å². The summed E-state index contributed by atoms with van der Waals surface area (Å²) in [7, 11) is -5.13. The number of carbonyl (C=O) groups excluding carboxylic acids is 1. The Kier molecular flexibility index (Phi) is 5.57. The van der Waals surface area contributed by atoms with Crippen LogP contribution in [0.15, 0.2) is 0 Å². The van der Waals surface area contributed by atoms with Crippen molar-refractivity contribution in [2.45, 2.75) is 74.9 Å². The molecule has 0 aromatic carbocycles. The molecule has 3 N–H and O–H groups in total. The van der Waals surface area contributed by atoms with Crippen LogP contribution in [-0.4, -0.2) is 64.9 Å². The highest BCUT2D eigenvalue weighted by Gasteiger charge is 2.61. The highest BCUT2D eigenvalue weighted by Crippen LogP contribution is 2.62. The summed E-state index contributed by atoms with van der Waals surface area (Å²) >= 11 is 0. The zero-order valence-corrected chi connectivity index (χ0v) is 17.3. The van der Waals surface area contributed by atoms with Gasteiger partial charge in [-0.15, -0.1) is 0 Å². The van der Waals surface area contributed by atoms with Gasteiger partial charge in [0.05, 0.1) is 17.6 Å². The molecule has 4 rings (SSSR count). The molecule has 4 bridgehead atoms. The van der Waals surface area contributed by atoms with Crippen LogP contribution in [0.4, 0.5) is 8.78 Å². The zero-order chi connectivity index (χ0) is 21.9. The normalized spacial score (nSPS) is 35.6. The number of rotatable bonds is 8. The van der Waals surface area contributed by atoms with Gasteiger partial charge in [0.25, 0.3) is 10.1 Å². The van der Waals surface area contributed by atoms with Gasteiger partial charge in [0.15, 0.2) is 4.75 Å². The Morgan fingerprint density at radius 3 is 2.21 bits per heavy atom. The molecule has 4 saturated carbocycles. The zero-order valence-electron chi connectivity index (χ0n) is 16.4. The molecule has 0 heterocycles. The number of aliphatic hydroxyl groups excluding tert-OH is 1. The van der Waals surface area contributed by atoms with Crippen molar-refractivity contribution in [1.82, 2.24) is 0 Å². The number of halogens is 2. The van der Waals surface area contributed by atoms with Crippen molar-refractivity contribution in [3.63, 3.8) is 0 Å². The Bertz CT molecular complexity index is 752. The maximum atomic E-state index is 14.0. The third-order valence-electron chi connectivity index (χ3n) is 6.67. The van der Waals surface area contributed by atoms with Crippen molar-refractivity contribution in [2.75, 3.05) is 13.2 Å². The van der Waals surface area contributed by atoms with Gasteiger partial charge in [-0.1, -0.05) is 0 Å². The maximum Gasteiger partial charge on any atom is 0.377 e. The summed E-state index contributed by atoms with van der Waals surface area (Å²) in [6.07, 6.45) is -2.05. The lowest BCUT2D eigenvalue weighted by molar-refractivity contribution is -0.267. The molecule has 3 atom stereocenters. The van der Waals surface area contributed by atoms with E-state index in [1.54, 1.807) is 0 Å². The first-order chi connectivity index (χ1) is 13.1. The van der Waals surface area contributed by atoms with Crippen LogP contribution in [0.1, 0.15) is 52.4 Å². The molecule has 0 spiro atoms. The monoisotopic (exact) mass is 442 g/mol. The Balaban J connectivity index is 1.54. The average molecular weight is 442 g/mol. The average Bonchev–Trinajstić information content (AvgIpc) is 2.54. The van der Waals surface area contributed by atoms with E-state index in [1.165, 1.54) is 0 Å². The summed E-state index contributed by atoms with van der Waals surface area (Å²) < 4.78 is 65.7. The van der Waals surface area contributed by atoms with Crippen molar-refractivity contribution in [1.29, 1.82) is 0 Å². The predicted molar refractivity (Wildman–Crippen MR) is 95.6 cm³/mol. The quantitative estimate of drug-likeness (QED) is 0.381. The molecule has 29 heavy (non-hydrogen) atoms. The number of hydrogen-bond donors (Lipinski definition) is 3. The fourth-order valence-electron chi connectivity index (χ4n) is 5.35. The molecule has 0 aliphatic heterocycles. The van der Waals surface area contributed by atoms with E-state index in [2.05, 4.69) is 4.74 Å². The molecule has 168 valence electrons. The van der Waals surface area contributed by atoms with Crippen molar-refractivity contribution < 1.29 is 46.2 Å². The van der Waals surface area contributed by atoms with Crippen LogP contribution in [0.3, 0.4) is 0 Å². The highest BCUT2D eigenvalue weighted by molar-refractivity contribution is 7.87. The second-order valence-electron chi connectivity index (χ2n) is 9.53. The van der Waals surface area contributed by atoms with Gasteiger partial charge in [0.1, 0.15) is 12.7 Å². The van der Waals surface area contributed by atoms with Crippen LogP contribution in [0.2, 0.25) is 0 Å². The van der Waals surface area contributed by atoms with E-state index in [-0.39, 0.29) is 11.8 Å². The number of carbonyl (C=O) groups is 1. The van der Waals surface area contributed by atoms with E-state index in [0.29, 0.717) is 46.0 Å². The lowest BCUT2D eigenvalue weighted by atomic mass is 9.48. The molecule has 8 nitrogen and oxygen atoms in total. The molecule has 0 aromatic rings.